The lowest BCUT2D eigenvalue weighted by atomic mass is 9.97. The number of nitrogens with zero attached hydrogens (tertiary/aromatic N) is 5. The van der Waals surface area contributed by atoms with E-state index in [4.69, 9.17) is 28.8 Å². The number of ether oxygens (including phenoxy) is 5. The van der Waals surface area contributed by atoms with Crippen LogP contribution in [0.5, 0.6) is 28.7 Å². The van der Waals surface area contributed by atoms with Crippen molar-refractivity contribution >= 4 is 29.3 Å². The second-order valence-electron chi connectivity index (χ2n) is 10.3. The Balaban J connectivity index is 1.31. The minimum atomic E-state index is -0.425. The fraction of sp³-hybridized carbons (Fsp3) is 0.303. The molecule has 0 unspecified atom stereocenters. The molecule has 0 saturated carbocycles. The van der Waals surface area contributed by atoms with Crippen LogP contribution in [0.15, 0.2) is 70.9 Å². The zero-order valence-corrected chi connectivity index (χ0v) is 27.8. The molecule has 1 aliphatic rings. The fourth-order valence-corrected chi connectivity index (χ4v) is 5.91. The maximum atomic E-state index is 13.8. The molecule has 2 amide bonds. The first kappa shape index (κ1) is 33.1. The Bertz CT molecular complexity index is 1750. The molecule has 47 heavy (non-hydrogen) atoms. The molecule has 4 aromatic rings. The van der Waals surface area contributed by atoms with E-state index in [1.165, 1.54) is 31.0 Å². The number of hydrazone groups is 1. The molecule has 0 spiro atoms. The van der Waals surface area contributed by atoms with Crippen molar-refractivity contribution in [3.05, 3.63) is 83.2 Å². The molecular formula is C33H36N6O7S. The van der Waals surface area contributed by atoms with Gasteiger partial charge in [0.05, 0.1) is 59.6 Å². The summed E-state index contributed by atoms with van der Waals surface area (Å²) in [5.41, 5.74) is 2.80. The number of nitrogens with one attached hydrogen (secondary N) is 1. The lowest BCUT2D eigenvalue weighted by Gasteiger charge is -2.24. The van der Waals surface area contributed by atoms with Gasteiger partial charge in [-0.15, -0.1) is 10.2 Å². The monoisotopic (exact) mass is 660 g/mol. The van der Waals surface area contributed by atoms with E-state index in [0.717, 1.165) is 22.6 Å². The highest BCUT2D eigenvalue weighted by molar-refractivity contribution is 7.99. The first-order valence-electron chi connectivity index (χ1n) is 14.6. The molecule has 3 aromatic carbocycles. The van der Waals surface area contributed by atoms with Crippen LogP contribution in [0.4, 0.5) is 0 Å². The highest BCUT2D eigenvalue weighted by atomic mass is 32.2. The molecule has 246 valence electrons. The van der Waals surface area contributed by atoms with Gasteiger partial charge in [-0.3, -0.25) is 9.59 Å². The number of rotatable bonds is 13. The zero-order valence-electron chi connectivity index (χ0n) is 27.0. The van der Waals surface area contributed by atoms with Crippen molar-refractivity contribution in [2.24, 2.45) is 12.1 Å². The van der Waals surface area contributed by atoms with Gasteiger partial charge >= 0.3 is 0 Å². The van der Waals surface area contributed by atoms with E-state index in [1.54, 1.807) is 51.1 Å². The number of thioether (sulfide) groups is 1. The molecule has 0 aliphatic carbocycles. The number of para-hydroxylation sites is 1. The number of amides is 2. The average molecular weight is 661 g/mol. The van der Waals surface area contributed by atoms with Gasteiger partial charge in [0.25, 0.3) is 11.8 Å². The summed E-state index contributed by atoms with van der Waals surface area (Å²) < 4.78 is 28.8. The summed E-state index contributed by atoms with van der Waals surface area (Å²) in [7, 11) is 9.58. The minimum absolute atomic E-state index is 0.0457. The Kier molecular flexibility index (Phi) is 10.5. The molecule has 2 heterocycles. The number of hydrogen-bond acceptors (Lipinski definition) is 11. The number of carbonyl (C=O) groups excluding carboxylic acids is 2. The molecule has 0 radical (unpaired) electrons. The average Bonchev–Trinajstić information content (AvgIpc) is 3.72. The molecule has 1 aliphatic heterocycles. The Hall–Kier alpha value is -5.24. The van der Waals surface area contributed by atoms with Crippen molar-refractivity contribution < 1.29 is 33.3 Å². The van der Waals surface area contributed by atoms with Gasteiger partial charge in [0.1, 0.15) is 17.2 Å². The Morgan fingerprint density at radius 3 is 2.21 bits per heavy atom. The Labute approximate surface area is 276 Å². The Morgan fingerprint density at radius 1 is 0.872 bits per heavy atom. The summed E-state index contributed by atoms with van der Waals surface area (Å²) in [6.45, 7) is 0.121. The second kappa shape index (κ2) is 14.9. The van der Waals surface area contributed by atoms with Crippen LogP contribution in [0.2, 0.25) is 0 Å². The van der Waals surface area contributed by atoms with Crippen LogP contribution in [0, 0.1) is 0 Å². The highest BCUT2D eigenvalue weighted by Gasteiger charge is 2.35. The predicted octanol–water partition coefficient (Wildman–Crippen LogP) is 4.26. The number of methoxy groups -OCH3 is 5. The molecule has 0 fully saturated rings. The van der Waals surface area contributed by atoms with E-state index >= 15 is 0 Å². The van der Waals surface area contributed by atoms with Crippen molar-refractivity contribution in [1.82, 2.24) is 25.1 Å². The summed E-state index contributed by atoms with van der Waals surface area (Å²) in [5.74, 6) is 2.85. The minimum Gasteiger partial charge on any atom is -0.497 e. The smallest absolute Gasteiger partial charge is 0.253 e. The van der Waals surface area contributed by atoms with E-state index in [2.05, 4.69) is 15.5 Å². The molecule has 1 atom stereocenters. The molecule has 5 rings (SSSR count). The van der Waals surface area contributed by atoms with Crippen molar-refractivity contribution in [3.63, 3.8) is 0 Å². The molecular weight excluding hydrogens is 624 g/mol. The van der Waals surface area contributed by atoms with Crippen LogP contribution < -0.4 is 29.0 Å². The highest BCUT2D eigenvalue weighted by Crippen LogP contribution is 2.42. The molecule has 0 saturated heterocycles. The standard InChI is InChI=1S/C33H36N6O7S/c1-38-29(18-34-32(41)21-14-23(43-3)16-24(15-21)44-4)35-36-33(38)47-19-30(40)39-27(25-8-7-9-28(45-5)31(25)46-6)17-26(37-39)20-10-12-22(42-2)13-11-20/h7-16,27H,17-19H2,1-6H3,(H,34,41)/t27-/m1/s1. The van der Waals surface area contributed by atoms with Gasteiger partial charge in [-0.1, -0.05) is 23.9 Å². The summed E-state index contributed by atoms with van der Waals surface area (Å²) in [5, 5.41) is 18.1. The summed E-state index contributed by atoms with van der Waals surface area (Å²) >= 11 is 1.23. The van der Waals surface area contributed by atoms with Crippen molar-refractivity contribution in [3.8, 4) is 28.7 Å². The van der Waals surface area contributed by atoms with E-state index in [-0.39, 0.29) is 24.1 Å². The first-order valence-corrected chi connectivity index (χ1v) is 15.6. The number of carbonyl (C=O) groups is 2. The van der Waals surface area contributed by atoms with Gasteiger partial charge in [0.15, 0.2) is 22.5 Å². The maximum absolute atomic E-state index is 13.8. The van der Waals surface area contributed by atoms with Crippen LogP contribution in [0.1, 0.15) is 39.8 Å². The third-order valence-electron chi connectivity index (χ3n) is 7.65. The van der Waals surface area contributed by atoms with E-state index in [0.29, 0.717) is 46.0 Å². The lowest BCUT2D eigenvalue weighted by molar-refractivity contribution is -0.130. The van der Waals surface area contributed by atoms with Gasteiger partial charge in [0, 0.05) is 30.7 Å². The van der Waals surface area contributed by atoms with Gasteiger partial charge in [-0.25, -0.2) is 5.01 Å². The maximum Gasteiger partial charge on any atom is 0.253 e. The quantitative estimate of drug-likeness (QED) is 0.207. The zero-order chi connectivity index (χ0) is 33.5. The Morgan fingerprint density at radius 2 is 1.57 bits per heavy atom. The normalized spacial score (nSPS) is 14.0. The first-order chi connectivity index (χ1) is 22.8. The third-order valence-corrected chi connectivity index (χ3v) is 8.66. The number of benzene rings is 3. The topological polar surface area (TPSA) is 139 Å². The molecule has 0 bridgehead atoms. The SMILES string of the molecule is COc1ccc(C2=NN(C(=O)CSc3nnc(CNC(=O)c4cc(OC)cc(OC)c4)n3C)[C@@H](c3cccc(OC)c3OC)C2)cc1. The third kappa shape index (κ3) is 7.27. The summed E-state index contributed by atoms with van der Waals surface area (Å²) in [4.78, 5) is 26.7. The van der Waals surface area contributed by atoms with Crippen molar-refractivity contribution in [2.75, 3.05) is 41.3 Å². The summed E-state index contributed by atoms with van der Waals surface area (Å²) in [6.07, 6.45) is 0.471. The van der Waals surface area contributed by atoms with E-state index in [9.17, 15) is 9.59 Å². The molecule has 1 N–H and O–H groups in total. The summed E-state index contributed by atoms with van der Waals surface area (Å²) in [6, 6.07) is 17.7. The van der Waals surface area contributed by atoms with Gasteiger partial charge in [-0.05, 0) is 48.0 Å². The van der Waals surface area contributed by atoms with E-state index < -0.39 is 6.04 Å². The lowest BCUT2D eigenvalue weighted by Crippen LogP contribution is -2.29. The molecule has 13 nitrogen and oxygen atoms in total. The van der Waals surface area contributed by atoms with Gasteiger partial charge < -0.3 is 33.6 Å². The number of hydrogen-bond donors (Lipinski definition) is 1. The van der Waals surface area contributed by atoms with Crippen LogP contribution in [0.3, 0.4) is 0 Å². The fourth-order valence-electron chi connectivity index (χ4n) is 5.13. The second-order valence-corrected chi connectivity index (χ2v) is 11.3. The number of aromatic nitrogens is 3. The van der Waals surface area contributed by atoms with Gasteiger partial charge in [0.2, 0.25) is 0 Å². The van der Waals surface area contributed by atoms with Crippen LogP contribution in [-0.4, -0.2) is 78.6 Å². The van der Waals surface area contributed by atoms with Crippen molar-refractivity contribution in [1.29, 1.82) is 0 Å². The van der Waals surface area contributed by atoms with E-state index in [1.807, 2.05) is 42.5 Å². The van der Waals surface area contributed by atoms with Crippen LogP contribution in [-0.2, 0) is 18.4 Å². The molecule has 14 heteroatoms. The van der Waals surface area contributed by atoms with Crippen LogP contribution >= 0.6 is 11.8 Å². The van der Waals surface area contributed by atoms with Crippen LogP contribution in [0.25, 0.3) is 0 Å². The largest absolute Gasteiger partial charge is 0.497 e. The van der Waals surface area contributed by atoms with Gasteiger partial charge in [-0.2, -0.15) is 5.10 Å². The molecule has 1 aromatic heterocycles. The van der Waals surface area contributed by atoms with Crippen molar-refractivity contribution in [2.45, 2.75) is 24.2 Å². The predicted molar refractivity (Wildman–Crippen MR) is 176 cm³/mol.